The third-order valence-electron chi connectivity index (χ3n) is 3.33. The van der Waals surface area contributed by atoms with Crippen LogP contribution in [0.5, 0.6) is 0 Å². The Balaban J connectivity index is 1.96. The summed E-state index contributed by atoms with van der Waals surface area (Å²) in [4.78, 5) is 15.4. The van der Waals surface area contributed by atoms with Crippen molar-refractivity contribution in [2.24, 2.45) is 0 Å². The number of hydrogen-bond donors (Lipinski definition) is 3. The quantitative estimate of drug-likeness (QED) is 0.658. The highest BCUT2D eigenvalue weighted by Crippen LogP contribution is 2.22. The lowest BCUT2D eigenvalue weighted by molar-refractivity contribution is 0.102. The lowest BCUT2D eigenvalue weighted by Crippen LogP contribution is -2.11. The van der Waals surface area contributed by atoms with E-state index in [1.807, 2.05) is 32.0 Å². The van der Waals surface area contributed by atoms with Crippen molar-refractivity contribution in [1.82, 2.24) is 15.2 Å². The van der Waals surface area contributed by atoms with Crippen molar-refractivity contribution in [3.63, 3.8) is 0 Å². The van der Waals surface area contributed by atoms with Gasteiger partial charge in [0.1, 0.15) is 0 Å². The van der Waals surface area contributed by atoms with E-state index in [-0.39, 0.29) is 5.91 Å². The fraction of sp³-hybridized carbons (Fsp3) is 0.143. The van der Waals surface area contributed by atoms with Crippen LogP contribution in [0.2, 0.25) is 0 Å². The number of H-pyrrole nitrogens is 2. The van der Waals surface area contributed by atoms with E-state index >= 15 is 0 Å². The van der Waals surface area contributed by atoms with Crippen molar-refractivity contribution in [2.45, 2.75) is 13.8 Å². The van der Waals surface area contributed by atoms with Gasteiger partial charge in [-0.1, -0.05) is 0 Å². The Bertz CT molecular complexity index is 740. The Hall–Kier alpha value is -2.56. The largest absolute Gasteiger partial charge is 0.358 e. The van der Waals surface area contributed by atoms with Crippen LogP contribution in [0.15, 0.2) is 30.6 Å². The molecule has 5 heteroatoms. The summed E-state index contributed by atoms with van der Waals surface area (Å²) in [7, 11) is 0. The first-order chi connectivity index (χ1) is 9.15. The molecule has 0 fully saturated rings. The molecule has 0 saturated heterocycles. The normalized spacial score (nSPS) is 10.8. The fourth-order valence-electron chi connectivity index (χ4n) is 2.13. The number of hydrogen-bond acceptors (Lipinski definition) is 2. The first-order valence-electron chi connectivity index (χ1n) is 6.04. The number of amides is 1. The van der Waals surface area contributed by atoms with Gasteiger partial charge >= 0.3 is 0 Å². The van der Waals surface area contributed by atoms with Gasteiger partial charge in [0.15, 0.2) is 0 Å². The van der Waals surface area contributed by atoms with Gasteiger partial charge in [0.05, 0.1) is 11.9 Å². The molecule has 96 valence electrons. The summed E-state index contributed by atoms with van der Waals surface area (Å²) < 4.78 is 0. The number of rotatable bonds is 2. The number of aryl methyl sites for hydroxylation is 2. The third-order valence-corrected chi connectivity index (χ3v) is 3.33. The van der Waals surface area contributed by atoms with Gasteiger partial charge in [-0.2, -0.15) is 5.10 Å². The highest BCUT2D eigenvalue weighted by atomic mass is 16.1. The molecule has 0 aliphatic carbocycles. The maximum Gasteiger partial charge on any atom is 0.255 e. The van der Waals surface area contributed by atoms with Crippen LogP contribution in [0.4, 0.5) is 5.69 Å². The van der Waals surface area contributed by atoms with Crippen molar-refractivity contribution >= 4 is 22.5 Å². The Morgan fingerprint density at radius 3 is 2.89 bits per heavy atom. The van der Waals surface area contributed by atoms with Crippen LogP contribution in [-0.4, -0.2) is 21.1 Å². The van der Waals surface area contributed by atoms with Gasteiger partial charge < -0.3 is 10.3 Å². The summed E-state index contributed by atoms with van der Waals surface area (Å²) in [5, 5.41) is 10.3. The predicted octanol–water partition coefficient (Wildman–Crippen LogP) is 2.76. The van der Waals surface area contributed by atoms with Crippen LogP contribution in [-0.2, 0) is 0 Å². The van der Waals surface area contributed by atoms with Crippen LogP contribution < -0.4 is 5.32 Å². The van der Waals surface area contributed by atoms with Crippen molar-refractivity contribution in [3.8, 4) is 0 Å². The SMILES string of the molecule is Cc1[nH]c2ccc(C(=O)Nc3cn[nH]c3)cc2c1C. The number of fused-ring (bicyclic) bond motifs is 1. The van der Waals surface area contributed by atoms with Crippen LogP contribution in [0.25, 0.3) is 10.9 Å². The molecule has 0 unspecified atom stereocenters. The number of carbonyl (C=O) groups excluding carboxylic acids is 1. The lowest BCUT2D eigenvalue weighted by Gasteiger charge is -2.02. The second-order valence-electron chi connectivity index (χ2n) is 4.58. The zero-order valence-electron chi connectivity index (χ0n) is 10.7. The number of aromatic nitrogens is 3. The van der Waals surface area contributed by atoms with Crippen molar-refractivity contribution in [3.05, 3.63) is 47.4 Å². The molecule has 2 aromatic heterocycles. The molecule has 0 aliphatic heterocycles. The molecular formula is C14H14N4O. The van der Waals surface area contributed by atoms with Gasteiger partial charge in [-0.3, -0.25) is 9.89 Å². The Morgan fingerprint density at radius 1 is 1.32 bits per heavy atom. The number of nitrogens with zero attached hydrogens (tertiary/aromatic N) is 1. The van der Waals surface area contributed by atoms with Gasteiger partial charge in [-0.05, 0) is 37.6 Å². The van der Waals surface area contributed by atoms with Crippen LogP contribution in [0.3, 0.4) is 0 Å². The molecule has 1 amide bonds. The number of nitrogens with one attached hydrogen (secondary N) is 3. The molecule has 3 N–H and O–H groups in total. The van der Waals surface area contributed by atoms with Gasteiger partial charge in [0.25, 0.3) is 5.91 Å². The fourth-order valence-corrected chi connectivity index (χ4v) is 2.13. The van der Waals surface area contributed by atoms with E-state index in [1.165, 1.54) is 5.56 Å². The molecule has 19 heavy (non-hydrogen) atoms. The molecule has 0 radical (unpaired) electrons. The van der Waals surface area contributed by atoms with Crippen molar-refractivity contribution < 1.29 is 4.79 Å². The monoisotopic (exact) mass is 254 g/mol. The zero-order valence-corrected chi connectivity index (χ0v) is 10.7. The first-order valence-corrected chi connectivity index (χ1v) is 6.04. The maximum atomic E-state index is 12.1. The second-order valence-corrected chi connectivity index (χ2v) is 4.58. The minimum atomic E-state index is -0.137. The number of aromatic amines is 2. The average molecular weight is 254 g/mol. The summed E-state index contributed by atoms with van der Waals surface area (Å²) in [6.45, 7) is 4.08. The zero-order chi connectivity index (χ0) is 13.4. The maximum absolute atomic E-state index is 12.1. The average Bonchev–Trinajstić information content (AvgIpc) is 2.99. The lowest BCUT2D eigenvalue weighted by atomic mass is 10.1. The van der Waals surface area contributed by atoms with Gasteiger partial charge in [0, 0.05) is 28.4 Å². The molecule has 0 spiro atoms. The molecule has 1 aromatic carbocycles. The second kappa shape index (κ2) is 4.28. The number of benzene rings is 1. The minimum absolute atomic E-state index is 0.137. The van der Waals surface area contributed by atoms with Gasteiger partial charge in [-0.15, -0.1) is 0 Å². The van der Waals surface area contributed by atoms with Gasteiger partial charge in [0.2, 0.25) is 0 Å². The van der Waals surface area contributed by atoms with E-state index in [0.717, 1.165) is 16.6 Å². The molecular weight excluding hydrogens is 240 g/mol. The van der Waals surface area contributed by atoms with Crippen LogP contribution in [0.1, 0.15) is 21.6 Å². The van der Waals surface area contributed by atoms with E-state index in [2.05, 4.69) is 20.5 Å². The number of anilines is 1. The van der Waals surface area contributed by atoms with Crippen molar-refractivity contribution in [2.75, 3.05) is 5.32 Å². The molecule has 3 rings (SSSR count). The summed E-state index contributed by atoms with van der Waals surface area (Å²) in [6.07, 6.45) is 3.21. The van der Waals surface area contributed by atoms with E-state index in [9.17, 15) is 4.79 Å². The summed E-state index contributed by atoms with van der Waals surface area (Å²) in [6, 6.07) is 5.65. The Morgan fingerprint density at radius 2 is 2.16 bits per heavy atom. The van der Waals surface area contributed by atoms with Crippen LogP contribution in [0, 0.1) is 13.8 Å². The minimum Gasteiger partial charge on any atom is -0.358 e. The van der Waals surface area contributed by atoms with Crippen LogP contribution >= 0.6 is 0 Å². The third kappa shape index (κ3) is 1.99. The van der Waals surface area contributed by atoms with E-state index < -0.39 is 0 Å². The smallest absolute Gasteiger partial charge is 0.255 e. The summed E-state index contributed by atoms with van der Waals surface area (Å²) >= 11 is 0. The van der Waals surface area contributed by atoms with E-state index in [4.69, 9.17) is 0 Å². The molecule has 0 saturated carbocycles. The summed E-state index contributed by atoms with van der Waals surface area (Å²) in [5.74, 6) is -0.137. The molecule has 5 nitrogen and oxygen atoms in total. The van der Waals surface area contributed by atoms with E-state index in [0.29, 0.717) is 11.3 Å². The van der Waals surface area contributed by atoms with Crippen molar-refractivity contribution in [1.29, 1.82) is 0 Å². The Kier molecular flexibility index (Phi) is 2.59. The predicted molar refractivity (Wildman–Crippen MR) is 74.3 cm³/mol. The topological polar surface area (TPSA) is 73.6 Å². The molecule has 0 aliphatic rings. The molecule has 3 aromatic rings. The molecule has 0 atom stereocenters. The standard InChI is InChI=1S/C14H14N4O/c1-8-9(2)17-13-4-3-10(5-12(8)13)14(19)18-11-6-15-16-7-11/h3-7,17H,1-2H3,(H,15,16)(H,18,19). The molecule has 2 heterocycles. The highest BCUT2D eigenvalue weighted by molar-refractivity contribution is 6.06. The summed E-state index contributed by atoms with van der Waals surface area (Å²) in [5.41, 5.74) is 4.65. The van der Waals surface area contributed by atoms with Gasteiger partial charge in [-0.25, -0.2) is 0 Å². The number of carbonyl (C=O) groups is 1. The highest BCUT2D eigenvalue weighted by Gasteiger charge is 2.10. The Labute approximate surface area is 110 Å². The molecule has 0 bridgehead atoms. The van der Waals surface area contributed by atoms with E-state index in [1.54, 1.807) is 12.4 Å². The first kappa shape index (κ1) is 11.5.